The third-order valence-electron chi connectivity index (χ3n) is 6.53. The highest BCUT2D eigenvalue weighted by Crippen LogP contribution is 2.27. The van der Waals surface area contributed by atoms with E-state index in [0.29, 0.717) is 29.0 Å². The number of hydrogen-bond donors (Lipinski definition) is 5. The largest absolute Gasteiger partial charge is 0.385 e. The Balaban J connectivity index is 1.39. The lowest BCUT2D eigenvalue weighted by atomic mass is 9.91. The van der Waals surface area contributed by atoms with Gasteiger partial charge in [0.05, 0.1) is 23.8 Å². The third kappa shape index (κ3) is 6.29. The lowest BCUT2D eigenvalue weighted by Crippen LogP contribution is -2.38. The summed E-state index contributed by atoms with van der Waals surface area (Å²) in [5.74, 6) is 0.0263. The van der Waals surface area contributed by atoms with Crippen molar-refractivity contribution in [2.24, 2.45) is 0 Å². The zero-order chi connectivity index (χ0) is 27.2. The van der Waals surface area contributed by atoms with E-state index in [2.05, 4.69) is 53.2 Å². The van der Waals surface area contributed by atoms with E-state index in [0.717, 1.165) is 44.1 Å². The fraction of sp³-hybridized carbons (Fsp3) is 0.296. The van der Waals surface area contributed by atoms with Crippen molar-refractivity contribution < 1.29 is 9.18 Å². The number of imidazole rings is 1. The zero-order valence-electron chi connectivity index (χ0n) is 21.6. The number of carbonyl (C=O) groups is 1. The molecule has 11 nitrogen and oxygen atoms in total. The molecule has 0 aliphatic heterocycles. The molecule has 0 radical (unpaired) electrons. The first-order valence-electron chi connectivity index (χ1n) is 12.8. The molecule has 5 rings (SSSR count). The van der Waals surface area contributed by atoms with E-state index >= 15 is 0 Å². The molecule has 4 aromatic heterocycles. The summed E-state index contributed by atoms with van der Waals surface area (Å²) in [4.78, 5) is 25.6. The number of anilines is 4. The number of amides is 1. The molecule has 0 atom stereocenters. The van der Waals surface area contributed by atoms with Gasteiger partial charge in [-0.05, 0) is 50.9 Å². The molecule has 4 heterocycles. The molecule has 12 heteroatoms. The number of likely N-dealkylation sites (N-methyl/N-ethyl adjacent to an activating group) is 1. The number of hydrogen-bond acceptors (Lipinski definition) is 9. The van der Waals surface area contributed by atoms with Crippen LogP contribution in [-0.2, 0) is 0 Å². The van der Waals surface area contributed by atoms with Gasteiger partial charge in [-0.2, -0.15) is 0 Å². The minimum Gasteiger partial charge on any atom is -0.385 e. The van der Waals surface area contributed by atoms with Gasteiger partial charge in [0, 0.05) is 42.8 Å². The maximum atomic E-state index is 14.1. The van der Waals surface area contributed by atoms with Crippen molar-refractivity contribution in [3.05, 3.63) is 78.9 Å². The number of nitrogens with one attached hydrogen (secondary N) is 5. The van der Waals surface area contributed by atoms with E-state index in [1.54, 1.807) is 6.20 Å². The quantitative estimate of drug-likeness (QED) is 0.208. The summed E-state index contributed by atoms with van der Waals surface area (Å²) in [7, 11) is 1.90. The molecule has 4 aromatic rings. The number of aromatic nitrogens is 5. The minimum atomic E-state index is -0.632. The van der Waals surface area contributed by atoms with Crippen LogP contribution in [0.25, 0.3) is 5.65 Å². The number of pyridine rings is 2. The summed E-state index contributed by atoms with van der Waals surface area (Å²) in [6, 6.07) is 9.39. The molecule has 1 aliphatic carbocycles. The average Bonchev–Trinajstić information content (AvgIpc) is 3.36. The van der Waals surface area contributed by atoms with E-state index in [1.165, 1.54) is 23.0 Å². The smallest absolute Gasteiger partial charge is 0.276 e. The number of nitrogens with zero attached hydrogens (tertiary/aromatic N) is 5. The Hall–Kier alpha value is -4.58. The molecular formula is C27H31FN10O. The number of rotatable bonds is 10. The summed E-state index contributed by atoms with van der Waals surface area (Å²) >= 11 is 0. The Bertz CT molecular complexity index is 1450. The van der Waals surface area contributed by atoms with Crippen LogP contribution < -0.4 is 26.6 Å². The maximum Gasteiger partial charge on any atom is 0.276 e. The van der Waals surface area contributed by atoms with Crippen LogP contribution in [-0.4, -0.2) is 56.1 Å². The van der Waals surface area contributed by atoms with Crippen LogP contribution in [0.4, 0.5) is 27.4 Å². The molecule has 202 valence electrons. The van der Waals surface area contributed by atoms with Gasteiger partial charge in [-0.25, -0.2) is 18.9 Å². The topological polar surface area (TPSA) is 133 Å². The molecule has 0 saturated heterocycles. The zero-order valence-corrected chi connectivity index (χ0v) is 21.6. The highest BCUT2D eigenvalue weighted by atomic mass is 19.1. The van der Waals surface area contributed by atoms with Crippen molar-refractivity contribution in [3.63, 3.8) is 0 Å². The highest BCUT2D eigenvalue weighted by molar-refractivity contribution is 6.03. The van der Waals surface area contributed by atoms with E-state index in [1.807, 2.05) is 31.3 Å². The van der Waals surface area contributed by atoms with Crippen molar-refractivity contribution in [2.75, 3.05) is 29.5 Å². The number of fused-ring (bicyclic) bond motifs is 1. The second-order valence-corrected chi connectivity index (χ2v) is 9.44. The van der Waals surface area contributed by atoms with Crippen LogP contribution in [0.5, 0.6) is 0 Å². The third-order valence-corrected chi connectivity index (χ3v) is 6.53. The van der Waals surface area contributed by atoms with Gasteiger partial charge in [0.15, 0.2) is 17.2 Å². The summed E-state index contributed by atoms with van der Waals surface area (Å²) in [5, 5.41) is 20.7. The van der Waals surface area contributed by atoms with Crippen molar-refractivity contribution in [2.45, 2.75) is 37.8 Å². The molecule has 1 amide bonds. The first kappa shape index (κ1) is 26.0. The molecule has 1 aliphatic rings. The summed E-state index contributed by atoms with van der Waals surface area (Å²) < 4.78 is 15.6. The van der Waals surface area contributed by atoms with Crippen molar-refractivity contribution in [3.8, 4) is 0 Å². The predicted molar refractivity (Wildman–Crippen MR) is 149 cm³/mol. The second kappa shape index (κ2) is 11.9. The Morgan fingerprint density at radius 3 is 2.62 bits per heavy atom. The number of halogens is 1. The molecule has 0 aromatic carbocycles. The summed E-state index contributed by atoms with van der Waals surface area (Å²) in [6.07, 6.45) is 9.45. The SMILES string of the molecule is C=C(CNC)NC1CCC(Nc2cc(Nc3ccccn3)c3ncc(C(=O)Nc4ccncc4F)n3n2)CC1. The first-order chi connectivity index (χ1) is 19.0. The fourth-order valence-corrected chi connectivity index (χ4v) is 4.67. The van der Waals surface area contributed by atoms with Crippen molar-refractivity contribution in [1.82, 2.24) is 35.2 Å². The molecule has 0 bridgehead atoms. The van der Waals surface area contributed by atoms with Gasteiger partial charge >= 0.3 is 0 Å². The van der Waals surface area contributed by atoms with Crippen LogP contribution in [0, 0.1) is 5.82 Å². The van der Waals surface area contributed by atoms with Gasteiger partial charge in [0.2, 0.25) is 0 Å². The Morgan fingerprint density at radius 2 is 1.87 bits per heavy atom. The molecular weight excluding hydrogens is 499 g/mol. The Labute approximate surface area is 225 Å². The molecule has 1 fully saturated rings. The Kier molecular flexibility index (Phi) is 7.92. The molecule has 39 heavy (non-hydrogen) atoms. The van der Waals surface area contributed by atoms with Gasteiger partial charge in [-0.1, -0.05) is 12.6 Å². The highest BCUT2D eigenvalue weighted by Gasteiger charge is 2.23. The van der Waals surface area contributed by atoms with E-state index in [9.17, 15) is 9.18 Å². The lowest BCUT2D eigenvalue weighted by Gasteiger charge is -2.31. The maximum absolute atomic E-state index is 14.1. The van der Waals surface area contributed by atoms with Gasteiger partial charge in [0.1, 0.15) is 11.6 Å². The molecule has 5 N–H and O–H groups in total. The first-order valence-corrected chi connectivity index (χ1v) is 12.8. The van der Waals surface area contributed by atoms with E-state index < -0.39 is 11.7 Å². The standard InChI is InChI=1S/C27H31FN10O/c1-17(14-29-2)33-18-6-8-19(9-7-18)34-25-13-22(35-24-5-3-4-11-31-24)26-32-16-23(38(26)37-25)27(39)36-21-10-12-30-15-20(21)28/h3-5,10-13,15-16,18-19,29,33H,1,6-9,14H2,2H3,(H,31,35)(H,34,37)(H,30,36,39). The lowest BCUT2D eigenvalue weighted by molar-refractivity contribution is 0.102. The van der Waals surface area contributed by atoms with Crippen LogP contribution in [0.3, 0.4) is 0 Å². The Morgan fingerprint density at radius 1 is 1.05 bits per heavy atom. The summed E-state index contributed by atoms with van der Waals surface area (Å²) in [5.41, 5.74) is 2.23. The molecule has 0 spiro atoms. The van der Waals surface area contributed by atoms with Crippen molar-refractivity contribution >= 4 is 34.6 Å². The normalized spacial score (nSPS) is 17.0. The van der Waals surface area contributed by atoms with E-state index in [4.69, 9.17) is 0 Å². The van der Waals surface area contributed by atoms with Gasteiger partial charge in [-0.15, -0.1) is 5.10 Å². The fourth-order valence-electron chi connectivity index (χ4n) is 4.67. The monoisotopic (exact) mass is 530 g/mol. The predicted octanol–water partition coefficient (Wildman–Crippen LogP) is 3.70. The average molecular weight is 531 g/mol. The van der Waals surface area contributed by atoms with Gasteiger partial charge in [-0.3, -0.25) is 9.78 Å². The molecule has 1 saturated carbocycles. The van der Waals surface area contributed by atoms with Crippen LogP contribution in [0.1, 0.15) is 36.2 Å². The minimum absolute atomic E-state index is 0.0221. The van der Waals surface area contributed by atoms with Gasteiger partial charge in [0.25, 0.3) is 5.91 Å². The van der Waals surface area contributed by atoms with Crippen molar-refractivity contribution in [1.29, 1.82) is 0 Å². The van der Waals surface area contributed by atoms with Crippen LogP contribution in [0.15, 0.2) is 67.4 Å². The van der Waals surface area contributed by atoms with Crippen LogP contribution in [0.2, 0.25) is 0 Å². The molecule has 0 unspecified atom stereocenters. The van der Waals surface area contributed by atoms with Gasteiger partial charge < -0.3 is 26.6 Å². The number of carbonyl (C=O) groups excluding carboxylic acids is 1. The van der Waals surface area contributed by atoms with Crippen LogP contribution >= 0.6 is 0 Å². The summed E-state index contributed by atoms with van der Waals surface area (Å²) in [6.45, 7) is 4.81. The second-order valence-electron chi connectivity index (χ2n) is 9.44. The van der Waals surface area contributed by atoms with E-state index in [-0.39, 0.29) is 17.4 Å².